The lowest BCUT2D eigenvalue weighted by atomic mass is 10.0. The van der Waals surface area contributed by atoms with Crippen molar-refractivity contribution in [3.05, 3.63) is 16.4 Å². The van der Waals surface area contributed by atoms with Crippen LogP contribution >= 0.6 is 11.6 Å². The molecule has 3 atom stereocenters. The molecular weight excluding hydrogens is 286 g/mol. The maximum atomic E-state index is 6.49. The van der Waals surface area contributed by atoms with Gasteiger partial charge < -0.3 is 10.1 Å². The summed E-state index contributed by atoms with van der Waals surface area (Å²) in [6.45, 7) is 7.44. The van der Waals surface area contributed by atoms with Crippen molar-refractivity contribution in [2.24, 2.45) is 7.05 Å². The zero-order valence-electron chi connectivity index (χ0n) is 13.7. The van der Waals surface area contributed by atoms with Crippen LogP contribution in [-0.2, 0) is 24.6 Å². The molecule has 0 bridgehead atoms. The Morgan fingerprint density at radius 1 is 1.43 bits per heavy atom. The van der Waals surface area contributed by atoms with Gasteiger partial charge in [0.2, 0.25) is 0 Å². The normalized spacial score (nSPS) is 23.7. The van der Waals surface area contributed by atoms with E-state index >= 15 is 0 Å². The molecule has 4 nitrogen and oxygen atoms in total. The van der Waals surface area contributed by atoms with Gasteiger partial charge in [-0.3, -0.25) is 4.68 Å². The third-order valence-corrected chi connectivity index (χ3v) is 4.72. The summed E-state index contributed by atoms with van der Waals surface area (Å²) in [4.78, 5) is 0. The van der Waals surface area contributed by atoms with Gasteiger partial charge in [-0.25, -0.2) is 0 Å². The Morgan fingerprint density at radius 3 is 2.71 bits per heavy atom. The Balaban J connectivity index is 2.12. The SMILES string of the molecule is CCCNC(Cc1c(Cl)c(CC)nn1C)C1CCC(C)O1. The first-order valence-corrected chi connectivity index (χ1v) is 8.53. The van der Waals surface area contributed by atoms with Gasteiger partial charge in [0.25, 0.3) is 0 Å². The summed E-state index contributed by atoms with van der Waals surface area (Å²) in [6.07, 6.45) is 5.79. The van der Waals surface area contributed by atoms with Crippen LogP contribution in [0.25, 0.3) is 0 Å². The van der Waals surface area contributed by atoms with Crippen LogP contribution in [0.3, 0.4) is 0 Å². The van der Waals surface area contributed by atoms with Gasteiger partial charge in [0.1, 0.15) is 0 Å². The number of hydrogen-bond acceptors (Lipinski definition) is 3. The minimum Gasteiger partial charge on any atom is -0.374 e. The van der Waals surface area contributed by atoms with Gasteiger partial charge in [-0.05, 0) is 39.2 Å². The van der Waals surface area contributed by atoms with E-state index in [1.807, 2.05) is 11.7 Å². The molecule has 21 heavy (non-hydrogen) atoms. The highest BCUT2D eigenvalue weighted by molar-refractivity contribution is 6.31. The minimum atomic E-state index is 0.280. The molecule has 1 aromatic rings. The zero-order valence-corrected chi connectivity index (χ0v) is 14.4. The summed E-state index contributed by atoms with van der Waals surface area (Å²) in [7, 11) is 1.98. The molecule has 0 aromatic carbocycles. The lowest BCUT2D eigenvalue weighted by Gasteiger charge is -2.25. The quantitative estimate of drug-likeness (QED) is 0.840. The summed E-state index contributed by atoms with van der Waals surface area (Å²) in [5.41, 5.74) is 2.11. The van der Waals surface area contributed by atoms with Gasteiger partial charge in [-0.2, -0.15) is 5.10 Å². The van der Waals surface area contributed by atoms with E-state index in [2.05, 4.69) is 31.2 Å². The molecule has 2 heterocycles. The highest BCUT2D eigenvalue weighted by atomic mass is 35.5. The Morgan fingerprint density at radius 2 is 2.19 bits per heavy atom. The van der Waals surface area contributed by atoms with Crippen LogP contribution in [-0.4, -0.2) is 34.6 Å². The van der Waals surface area contributed by atoms with E-state index in [1.165, 1.54) is 0 Å². The number of aromatic nitrogens is 2. The molecule has 1 saturated heterocycles. The summed E-state index contributed by atoms with van der Waals surface area (Å²) in [6, 6.07) is 0.313. The van der Waals surface area contributed by atoms with Crippen LogP contribution in [0.2, 0.25) is 5.02 Å². The predicted molar refractivity (Wildman–Crippen MR) is 87.0 cm³/mol. The molecule has 0 spiro atoms. The number of halogens is 1. The number of hydrogen-bond donors (Lipinski definition) is 1. The molecule has 0 saturated carbocycles. The van der Waals surface area contributed by atoms with E-state index in [1.54, 1.807) is 0 Å². The summed E-state index contributed by atoms with van der Waals surface area (Å²) in [5, 5.41) is 8.99. The first-order valence-electron chi connectivity index (χ1n) is 8.15. The Kier molecular flexibility index (Phi) is 6.08. The van der Waals surface area contributed by atoms with Crippen LogP contribution in [0.4, 0.5) is 0 Å². The summed E-state index contributed by atoms with van der Waals surface area (Å²) < 4.78 is 8.00. The molecule has 120 valence electrons. The average molecular weight is 314 g/mol. The van der Waals surface area contributed by atoms with Crippen LogP contribution in [0.1, 0.15) is 51.4 Å². The molecule has 1 N–H and O–H groups in total. The van der Waals surface area contributed by atoms with Crippen LogP contribution in [0.5, 0.6) is 0 Å². The van der Waals surface area contributed by atoms with E-state index in [0.29, 0.717) is 12.1 Å². The number of ether oxygens (including phenoxy) is 1. The Bertz CT molecular complexity index is 461. The Hall–Kier alpha value is -0.580. The lowest BCUT2D eigenvalue weighted by Crippen LogP contribution is -2.42. The second-order valence-electron chi connectivity index (χ2n) is 6.01. The Labute approximate surface area is 133 Å². The van der Waals surface area contributed by atoms with Crippen LogP contribution in [0, 0.1) is 0 Å². The zero-order chi connectivity index (χ0) is 15.4. The molecule has 1 aliphatic rings. The molecule has 1 aromatic heterocycles. The molecule has 1 aliphatic heterocycles. The van der Waals surface area contributed by atoms with Gasteiger partial charge in [-0.15, -0.1) is 0 Å². The molecule has 1 fully saturated rings. The monoisotopic (exact) mass is 313 g/mol. The first kappa shape index (κ1) is 16.8. The largest absolute Gasteiger partial charge is 0.374 e. The van der Waals surface area contributed by atoms with E-state index in [4.69, 9.17) is 16.3 Å². The maximum Gasteiger partial charge on any atom is 0.0850 e. The maximum absolute atomic E-state index is 6.49. The molecule has 2 rings (SSSR count). The van der Waals surface area contributed by atoms with Crippen molar-refractivity contribution in [1.29, 1.82) is 0 Å². The second kappa shape index (κ2) is 7.61. The highest BCUT2D eigenvalue weighted by Gasteiger charge is 2.30. The number of aryl methyl sites for hydroxylation is 2. The highest BCUT2D eigenvalue weighted by Crippen LogP contribution is 2.27. The average Bonchev–Trinajstić information content (AvgIpc) is 3.00. The van der Waals surface area contributed by atoms with Crippen LogP contribution < -0.4 is 5.32 Å². The third kappa shape index (κ3) is 3.99. The molecule has 0 amide bonds. The molecule has 5 heteroatoms. The van der Waals surface area contributed by atoms with E-state index in [0.717, 1.165) is 55.1 Å². The van der Waals surface area contributed by atoms with Crippen molar-refractivity contribution in [3.8, 4) is 0 Å². The molecular formula is C16H28ClN3O. The van der Waals surface area contributed by atoms with Crippen molar-refractivity contribution >= 4 is 11.6 Å². The van der Waals surface area contributed by atoms with Crippen molar-refractivity contribution in [2.75, 3.05) is 6.54 Å². The summed E-state index contributed by atoms with van der Waals surface area (Å²) in [5.74, 6) is 0. The standard InChI is InChI=1S/C16H28ClN3O/c1-5-9-18-13(15-8-7-11(3)21-15)10-14-16(17)12(6-2)19-20(14)4/h11,13,15,18H,5-10H2,1-4H3. The van der Waals surface area contributed by atoms with Gasteiger partial charge >= 0.3 is 0 Å². The van der Waals surface area contributed by atoms with Gasteiger partial charge in [0.05, 0.1) is 28.6 Å². The molecule has 0 aliphatic carbocycles. The van der Waals surface area contributed by atoms with E-state index < -0.39 is 0 Å². The smallest absolute Gasteiger partial charge is 0.0850 e. The minimum absolute atomic E-state index is 0.280. The predicted octanol–water partition coefficient (Wildman–Crippen LogP) is 3.11. The fraction of sp³-hybridized carbons (Fsp3) is 0.812. The van der Waals surface area contributed by atoms with Crippen molar-refractivity contribution in [3.63, 3.8) is 0 Å². The fourth-order valence-corrected chi connectivity index (χ4v) is 3.42. The fourth-order valence-electron chi connectivity index (χ4n) is 3.04. The number of rotatable bonds is 7. The molecule has 0 radical (unpaired) electrons. The molecule has 3 unspecified atom stereocenters. The van der Waals surface area contributed by atoms with Crippen molar-refractivity contribution in [2.45, 2.75) is 71.1 Å². The van der Waals surface area contributed by atoms with E-state index in [-0.39, 0.29) is 6.10 Å². The van der Waals surface area contributed by atoms with Crippen LogP contribution in [0.15, 0.2) is 0 Å². The van der Waals surface area contributed by atoms with Gasteiger partial charge in [0, 0.05) is 19.5 Å². The summed E-state index contributed by atoms with van der Waals surface area (Å²) >= 11 is 6.49. The van der Waals surface area contributed by atoms with Crippen molar-refractivity contribution < 1.29 is 4.74 Å². The van der Waals surface area contributed by atoms with Gasteiger partial charge in [-0.1, -0.05) is 25.4 Å². The third-order valence-electron chi connectivity index (χ3n) is 4.29. The van der Waals surface area contributed by atoms with Crippen molar-refractivity contribution in [1.82, 2.24) is 15.1 Å². The van der Waals surface area contributed by atoms with E-state index in [9.17, 15) is 0 Å². The topological polar surface area (TPSA) is 39.1 Å². The number of nitrogens with one attached hydrogen (secondary N) is 1. The lowest BCUT2D eigenvalue weighted by molar-refractivity contribution is 0.0317. The first-order chi connectivity index (χ1) is 10.1. The second-order valence-corrected chi connectivity index (χ2v) is 6.39. The van der Waals surface area contributed by atoms with Gasteiger partial charge in [0.15, 0.2) is 0 Å². The number of nitrogens with zero attached hydrogens (tertiary/aromatic N) is 2.